The Morgan fingerprint density at radius 2 is 0.623 bits per heavy atom. The molecular formula is C44H80N2O7. The molecule has 9 heteroatoms. The molecule has 0 aromatic rings. The number of nitrogens with zero attached hydrogens (tertiary/aromatic N) is 2. The number of rotatable bonds is 38. The van der Waals surface area contributed by atoms with Crippen LogP contribution in [-0.2, 0) is 28.7 Å². The quantitative estimate of drug-likeness (QED) is 0.0351. The zero-order valence-electron chi connectivity index (χ0n) is 34.4. The minimum atomic E-state index is -0.982. The van der Waals surface area contributed by atoms with E-state index in [1.165, 1.54) is 167 Å². The predicted octanol–water partition coefficient (Wildman–Crippen LogP) is 11.8. The molecule has 1 rings (SSSR count). The third kappa shape index (κ3) is 27.7. The molecule has 0 unspecified atom stereocenters. The van der Waals surface area contributed by atoms with Crippen LogP contribution in [0.15, 0.2) is 0 Å². The Kier molecular flexibility index (Phi) is 32.3. The van der Waals surface area contributed by atoms with E-state index in [1.807, 2.05) is 0 Å². The van der Waals surface area contributed by atoms with Crippen molar-refractivity contribution in [2.24, 2.45) is 0 Å². The highest BCUT2D eigenvalue weighted by atomic mass is 16.5. The number of ether oxygens (including phenoxy) is 2. The van der Waals surface area contributed by atoms with Gasteiger partial charge in [-0.05, 0) is 12.8 Å². The van der Waals surface area contributed by atoms with Gasteiger partial charge in [0, 0.05) is 0 Å². The molecule has 1 aliphatic heterocycles. The van der Waals surface area contributed by atoms with Gasteiger partial charge in [0.05, 0.1) is 13.2 Å². The van der Waals surface area contributed by atoms with Gasteiger partial charge in [-0.2, -0.15) is 0 Å². The highest BCUT2D eigenvalue weighted by Gasteiger charge is 2.40. The Balaban J connectivity index is 2.05. The van der Waals surface area contributed by atoms with Gasteiger partial charge in [-0.25, -0.2) is 4.79 Å². The van der Waals surface area contributed by atoms with Crippen LogP contribution in [0.1, 0.15) is 226 Å². The minimum Gasteiger partial charge on any atom is -0.464 e. The number of barbiturate groups is 1. The zero-order chi connectivity index (χ0) is 38.6. The second-order valence-corrected chi connectivity index (χ2v) is 15.5. The van der Waals surface area contributed by atoms with Crippen molar-refractivity contribution in [3.63, 3.8) is 0 Å². The zero-order valence-corrected chi connectivity index (χ0v) is 34.4. The molecule has 1 saturated heterocycles. The van der Waals surface area contributed by atoms with Gasteiger partial charge >= 0.3 is 18.0 Å². The summed E-state index contributed by atoms with van der Waals surface area (Å²) in [6.45, 7) is 3.82. The first kappa shape index (κ1) is 48.6. The first-order valence-electron chi connectivity index (χ1n) is 22.4. The van der Waals surface area contributed by atoms with E-state index in [0.717, 1.165) is 38.5 Å². The van der Waals surface area contributed by atoms with Crippen LogP contribution in [-0.4, -0.2) is 65.9 Å². The summed E-state index contributed by atoms with van der Waals surface area (Å²) in [6.07, 6.45) is 39.6. The molecule has 1 aliphatic rings. The fourth-order valence-corrected chi connectivity index (χ4v) is 7.01. The van der Waals surface area contributed by atoms with E-state index in [0.29, 0.717) is 9.80 Å². The molecule has 0 aliphatic carbocycles. The standard InChI is InChI=1S/C44H80N2O7/c1-3-5-7-9-11-13-15-17-19-21-23-25-27-29-31-33-35-52-42(49)38-45-40(47)37-41(48)46(44(45)51)39-43(50)53-36-34-32-30-28-26-24-22-20-18-16-14-12-10-8-6-4-2/h3-39H2,1-2H3. The SMILES string of the molecule is CCCCCCCCCCCCCCCCCCOC(=O)CN1C(=O)CC(=O)N(CC(=O)OCCCCCCCCCCCCCCCCCC)C1=O. The molecule has 0 N–H and O–H groups in total. The maximum Gasteiger partial charge on any atom is 0.334 e. The molecule has 53 heavy (non-hydrogen) atoms. The predicted molar refractivity (Wildman–Crippen MR) is 214 cm³/mol. The minimum absolute atomic E-state index is 0.224. The number of urea groups is 1. The maximum absolute atomic E-state index is 12.9. The summed E-state index contributed by atoms with van der Waals surface area (Å²) in [4.78, 5) is 63.8. The summed E-state index contributed by atoms with van der Waals surface area (Å²) >= 11 is 0. The van der Waals surface area contributed by atoms with E-state index in [1.54, 1.807) is 0 Å². The van der Waals surface area contributed by atoms with Crippen LogP contribution in [0.2, 0.25) is 0 Å². The summed E-state index contributed by atoms with van der Waals surface area (Å²) in [6, 6.07) is -0.982. The average Bonchev–Trinajstić information content (AvgIpc) is 3.14. The molecule has 1 fully saturated rings. The van der Waals surface area contributed by atoms with Crippen molar-refractivity contribution in [3.05, 3.63) is 0 Å². The van der Waals surface area contributed by atoms with Gasteiger partial charge in [0.1, 0.15) is 19.5 Å². The van der Waals surface area contributed by atoms with Gasteiger partial charge in [-0.3, -0.25) is 29.0 Å². The Labute approximate surface area is 324 Å². The first-order chi connectivity index (χ1) is 25.9. The summed E-state index contributed by atoms with van der Waals surface area (Å²) in [7, 11) is 0. The lowest BCUT2D eigenvalue weighted by atomic mass is 10.0. The lowest BCUT2D eigenvalue weighted by molar-refractivity contribution is -0.155. The van der Waals surface area contributed by atoms with E-state index in [2.05, 4.69) is 13.8 Å². The average molecular weight is 749 g/mol. The van der Waals surface area contributed by atoms with Crippen molar-refractivity contribution >= 4 is 29.8 Å². The van der Waals surface area contributed by atoms with Gasteiger partial charge < -0.3 is 9.47 Å². The molecule has 0 spiro atoms. The molecule has 0 bridgehead atoms. The van der Waals surface area contributed by atoms with Crippen molar-refractivity contribution in [1.29, 1.82) is 0 Å². The molecule has 0 atom stereocenters. The van der Waals surface area contributed by atoms with Crippen LogP contribution in [0.5, 0.6) is 0 Å². The third-order valence-corrected chi connectivity index (χ3v) is 10.5. The van der Waals surface area contributed by atoms with Gasteiger partial charge in [-0.15, -0.1) is 0 Å². The lowest BCUT2D eigenvalue weighted by Crippen LogP contribution is -2.57. The van der Waals surface area contributed by atoms with E-state index in [9.17, 15) is 24.0 Å². The molecule has 308 valence electrons. The highest BCUT2D eigenvalue weighted by molar-refractivity contribution is 6.15. The van der Waals surface area contributed by atoms with Crippen LogP contribution >= 0.6 is 0 Å². The Morgan fingerprint density at radius 1 is 0.396 bits per heavy atom. The molecule has 1 heterocycles. The van der Waals surface area contributed by atoms with Crippen LogP contribution in [0.4, 0.5) is 4.79 Å². The summed E-state index contributed by atoms with van der Waals surface area (Å²) in [5, 5.41) is 0. The van der Waals surface area contributed by atoms with E-state index in [-0.39, 0.29) is 13.2 Å². The number of unbranched alkanes of at least 4 members (excludes halogenated alkanes) is 30. The molecule has 0 aromatic heterocycles. The van der Waals surface area contributed by atoms with Crippen molar-refractivity contribution in [2.45, 2.75) is 226 Å². The largest absolute Gasteiger partial charge is 0.464 e. The van der Waals surface area contributed by atoms with Gasteiger partial charge in [0.15, 0.2) is 0 Å². The normalized spacial score (nSPS) is 13.3. The number of amides is 4. The van der Waals surface area contributed by atoms with Gasteiger partial charge in [0.25, 0.3) is 0 Å². The second kappa shape index (κ2) is 35.3. The van der Waals surface area contributed by atoms with Crippen LogP contribution in [0, 0.1) is 0 Å². The topological polar surface area (TPSA) is 110 Å². The first-order valence-corrected chi connectivity index (χ1v) is 22.4. The summed E-state index contributed by atoms with van der Waals surface area (Å²) in [5.41, 5.74) is 0. The number of carbonyl (C=O) groups is 5. The number of hydrogen-bond acceptors (Lipinski definition) is 7. The monoisotopic (exact) mass is 749 g/mol. The third-order valence-electron chi connectivity index (χ3n) is 10.5. The van der Waals surface area contributed by atoms with Crippen LogP contribution in [0.3, 0.4) is 0 Å². The van der Waals surface area contributed by atoms with Gasteiger partial charge in [0.2, 0.25) is 11.8 Å². The number of imide groups is 2. The van der Waals surface area contributed by atoms with E-state index < -0.39 is 49.3 Å². The molecule has 0 aromatic carbocycles. The van der Waals surface area contributed by atoms with E-state index in [4.69, 9.17) is 9.47 Å². The van der Waals surface area contributed by atoms with E-state index >= 15 is 0 Å². The lowest BCUT2D eigenvalue weighted by Gasteiger charge is -2.31. The van der Waals surface area contributed by atoms with Crippen LogP contribution < -0.4 is 0 Å². The highest BCUT2D eigenvalue weighted by Crippen LogP contribution is 2.16. The van der Waals surface area contributed by atoms with Crippen molar-refractivity contribution in [2.75, 3.05) is 26.3 Å². The summed E-state index contributed by atoms with van der Waals surface area (Å²) in [5.74, 6) is -2.93. The Bertz CT molecular complexity index is 884. The Morgan fingerprint density at radius 3 is 0.868 bits per heavy atom. The molecule has 0 saturated carbocycles. The maximum atomic E-state index is 12.9. The number of hydrogen-bond donors (Lipinski definition) is 0. The number of carbonyl (C=O) groups excluding carboxylic acids is 5. The van der Waals surface area contributed by atoms with Gasteiger partial charge in [-0.1, -0.05) is 206 Å². The van der Waals surface area contributed by atoms with Crippen molar-refractivity contribution < 1.29 is 33.4 Å². The Hall–Kier alpha value is -2.45. The molecule has 0 radical (unpaired) electrons. The molecule has 4 amide bonds. The molecular weight excluding hydrogens is 668 g/mol. The fraction of sp³-hybridized carbons (Fsp3) is 0.886. The summed E-state index contributed by atoms with van der Waals surface area (Å²) < 4.78 is 10.5. The second-order valence-electron chi connectivity index (χ2n) is 15.5. The molecule has 9 nitrogen and oxygen atoms in total. The fourth-order valence-electron chi connectivity index (χ4n) is 7.01. The van der Waals surface area contributed by atoms with Crippen molar-refractivity contribution in [3.8, 4) is 0 Å². The smallest absolute Gasteiger partial charge is 0.334 e. The van der Waals surface area contributed by atoms with Crippen LogP contribution in [0.25, 0.3) is 0 Å². The van der Waals surface area contributed by atoms with Crippen molar-refractivity contribution in [1.82, 2.24) is 9.80 Å². The number of esters is 2.